The van der Waals surface area contributed by atoms with Crippen LogP contribution in [0, 0.1) is 17.0 Å². The fourth-order valence-corrected chi connectivity index (χ4v) is 2.32. The highest BCUT2D eigenvalue weighted by molar-refractivity contribution is 9.10. The number of aryl methyl sites for hydroxylation is 1. The molecule has 0 aliphatic rings. The van der Waals surface area contributed by atoms with Crippen LogP contribution in [-0.2, 0) is 0 Å². The molecule has 108 valence electrons. The predicted octanol–water partition coefficient (Wildman–Crippen LogP) is 3.97. The Morgan fingerprint density at radius 3 is 2.71 bits per heavy atom. The van der Waals surface area contributed by atoms with Crippen LogP contribution in [0.3, 0.4) is 0 Å². The molecule has 21 heavy (non-hydrogen) atoms. The molecule has 0 radical (unpaired) electrons. The molecule has 1 heterocycles. The number of nitrogens with one attached hydrogen (secondary N) is 1. The number of benzene rings is 1. The number of hydrogen-bond donors (Lipinski definition) is 1. The van der Waals surface area contributed by atoms with Crippen molar-refractivity contribution in [3.05, 3.63) is 61.3 Å². The number of nitro groups is 1. The van der Waals surface area contributed by atoms with Gasteiger partial charge in [-0.1, -0.05) is 27.5 Å². The Bertz CT molecular complexity index is 716. The van der Waals surface area contributed by atoms with Gasteiger partial charge >= 0.3 is 0 Å². The van der Waals surface area contributed by atoms with E-state index in [2.05, 4.69) is 26.2 Å². The summed E-state index contributed by atoms with van der Waals surface area (Å²) in [5, 5.41) is 13.7. The van der Waals surface area contributed by atoms with Gasteiger partial charge in [0.15, 0.2) is 0 Å². The van der Waals surface area contributed by atoms with Gasteiger partial charge in [0.25, 0.3) is 11.6 Å². The molecule has 0 atom stereocenters. The van der Waals surface area contributed by atoms with Crippen LogP contribution < -0.4 is 5.32 Å². The Morgan fingerprint density at radius 1 is 1.38 bits per heavy atom. The van der Waals surface area contributed by atoms with Crippen LogP contribution in [0.5, 0.6) is 0 Å². The standard InChI is InChI=1S/C13H9BrClN3O3/c1-7-4-8(5-12(15)16-7)13(19)17-10-3-2-9(14)6-11(10)18(20)21/h2-6H,1H3,(H,17,19). The highest BCUT2D eigenvalue weighted by Gasteiger charge is 2.17. The Morgan fingerprint density at radius 2 is 2.10 bits per heavy atom. The smallest absolute Gasteiger partial charge is 0.293 e. The van der Waals surface area contributed by atoms with Crippen molar-refractivity contribution in [2.75, 3.05) is 5.32 Å². The minimum atomic E-state index is -0.564. The van der Waals surface area contributed by atoms with E-state index in [-0.39, 0.29) is 22.1 Å². The molecule has 6 nitrogen and oxygen atoms in total. The average molecular weight is 371 g/mol. The third-order valence-corrected chi connectivity index (χ3v) is 3.28. The van der Waals surface area contributed by atoms with E-state index in [9.17, 15) is 14.9 Å². The second-order valence-electron chi connectivity index (χ2n) is 4.19. The summed E-state index contributed by atoms with van der Waals surface area (Å²) in [5.41, 5.74) is 0.774. The first-order valence-corrected chi connectivity index (χ1v) is 6.93. The zero-order valence-corrected chi connectivity index (χ0v) is 13.1. The van der Waals surface area contributed by atoms with Gasteiger partial charge in [-0.05, 0) is 31.2 Å². The van der Waals surface area contributed by atoms with Gasteiger partial charge < -0.3 is 5.32 Å². The zero-order valence-electron chi connectivity index (χ0n) is 10.8. The molecule has 0 aliphatic heterocycles. The SMILES string of the molecule is Cc1cc(C(=O)Nc2ccc(Br)cc2[N+](=O)[O-])cc(Cl)n1. The number of nitro benzene ring substituents is 1. The fraction of sp³-hybridized carbons (Fsp3) is 0.0769. The van der Waals surface area contributed by atoms with Crippen LogP contribution in [-0.4, -0.2) is 15.8 Å². The van der Waals surface area contributed by atoms with Gasteiger partial charge in [0, 0.05) is 21.8 Å². The lowest BCUT2D eigenvalue weighted by Gasteiger charge is -2.07. The third kappa shape index (κ3) is 3.77. The topological polar surface area (TPSA) is 85.1 Å². The first-order valence-electron chi connectivity index (χ1n) is 5.76. The molecule has 2 aromatic rings. The van der Waals surface area contributed by atoms with Gasteiger partial charge in [0.05, 0.1) is 4.92 Å². The molecule has 0 unspecified atom stereocenters. The maximum absolute atomic E-state index is 12.1. The number of carbonyl (C=O) groups is 1. The lowest BCUT2D eigenvalue weighted by atomic mass is 10.2. The second kappa shape index (κ2) is 6.19. The van der Waals surface area contributed by atoms with Gasteiger partial charge in [-0.15, -0.1) is 0 Å². The average Bonchev–Trinajstić information content (AvgIpc) is 2.39. The van der Waals surface area contributed by atoms with Gasteiger partial charge in [0.1, 0.15) is 10.8 Å². The van der Waals surface area contributed by atoms with Crippen molar-refractivity contribution >= 4 is 44.8 Å². The molecule has 0 bridgehead atoms. The molecule has 0 spiro atoms. The summed E-state index contributed by atoms with van der Waals surface area (Å²) in [7, 11) is 0. The number of hydrogen-bond acceptors (Lipinski definition) is 4. The van der Waals surface area contributed by atoms with Crippen molar-refractivity contribution in [3.8, 4) is 0 Å². The van der Waals surface area contributed by atoms with Crippen molar-refractivity contribution in [2.24, 2.45) is 0 Å². The lowest BCUT2D eigenvalue weighted by molar-refractivity contribution is -0.384. The molecular formula is C13H9BrClN3O3. The molecule has 1 amide bonds. The molecule has 0 fully saturated rings. The molecule has 1 aromatic heterocycles. The summed E-state index contributed by atoms with van der Waals surface area (Å²) in [4.78, 5) is 26.5. The van der Waals surface area contributed by atoms with Crippen molar-refractivity contribution < 1.29 is 9.72 Å². The highest BCUT2D eigenvalue weighted by Crippen LogP contribution is 2.28. The maximum Gasteiger partial charge on any atom is 0.293 e. The van der Waals surface area contributed by atoms with Gasteiger partial charge in [0.2, 0.25) is 0 Å². The molecule has 0 saturated heterocycles. The quantitative estimate of drug-likeness (QED) is 0.503. The number of nitrogens with zero attached hydrogens (tertiary/aromatic N) is 2. The molecular weight excluding hydrogens is 362 g/mol. The summed E-state index contributed by atoms with van der Waals surface area (Å²) in [6, 6.07) is 7.32. The largest absolute Gasteiger partial charge is 0.316 e. The fourth-order valence-electron chi connectivity index (χ4n) is 1.72. The normalized spacial score (nSPS) is 10.2. The van der Waals surface area contributed by atoms with E-state index >= 15 is 0 Å². The molecule has 1 aromatic carbocycles. The van der Waals surface area contributed by atoms with Gasteiger partial charge in [-0.2, -0.15) is 0 Å². The van der Waals surface area contributed by atoms with E-state index in [4.69, 9.17) is 11.6 Å². The van der Waals surface area contributed by atoms with Crippen LogP contribution in [0.2, 0.25) is 5.15 Å². The van der Waals surface area contributed by atoms with E-state index < -0.39 is 10.8 Å². The Labute approximate surface area is 133 Å². The van der Waals surface area contributed by atoms with Crippen LogP contribution >= 0.6 is 27.5 Å². The lowest BCUT2D eigenvalue weighted by Crippen LogP contribution is -2.13. The van der Waals surface area contributed by atoms with Crippen LogP contribution in [0.4, 0.5) is 11.4 Å². The van der Waals surface area contributed by atoms with Gasteiger partial charge in [-0.25, -0.2) is 4.98 Å². The number of carbonyl (C=O) groups excluding carboxylic acids is 1. The molecule has 1 N–H and O–H groups in total. The van der Waals surface area contributed by atoms with Crippen molar-refractivity contribution in [3.63, 3.8) is 0 Å². The van der Waals surface area contributed by atoms with Crippen molar-refractivity contribution in [1.29, 1.82) is 0 Å². The number of halogens is 2. The first kappa shape index (κ1) is 15.4. The maximum atomic E-state index is 12.1. The number of pyridine rings is 1. The number of rotatable bonds is 3. The molecule has 8 heteroatoms. The number of anilines is 1. The minimum absolute atomic E-state index is 0.110. The Kier molecular flexibility index (Phi) is 4.54. The van der Waals surface area contributed by atoms with Crippen molar-refractivity contribution in [1.82, 2.24) is 4.98 Å². The predicted molar refractivity (Wildman–Crippen MR) is 82.7 cm³/mol. The summed E-state index contributed by atoms with van der Waals surface area (Å²) >= 11 is 8.95. The Balaban J connectivity index is 2.33. The van der Waals surface area contributed by atoms with Crippen LogP contribution in [0.1, 0.15) is 16.1 Å². The third-order valence-electron chi connectivity index (χ3n) is 2.59. The second-order valence-corrected chi connectivity index (χ2v) is 5.50. The van der Waals surface area contributed by atoms with E-state index in [0.717, 1.165) is 0 Å². The monoisotopic (exact) mass is 369 g/mol. The first-order chi connectivity index (χ1) is 9.86. The summed E-state index contributed by atoms with van der Waals surface area (Å²) in [6.45, 7) is 1.70. The summed E-state index contributed by atoms with van der Waals surface area (Å²) in [6.07, 6.45) is 0. The van der Waals surface area contributed by atoms with E-state index in [1.54, 1.807) is 19.1 Å². The summed E-state index contributed by atoms with van der Waals surface area (Å²) < 4.78 is 0.551. The van der Waals surface area contributed by atoms with E-state index in [1.807, 2.05) is 0 Å². The molecule has 0 aliphatic carbocycles. The summed E-state index contributed by atoms with van der Waals surface area (Å²) in [5.74, 6) is -0.493. The Hall–Kier alpha value is -1.99. The minimum Gasteiger partial charge on any atom is -0.316 e. The van der Waals surface area contributed by atoms with Crippen LogP contribution in [0.15, 0.2) is 34.8 Å². The zero-order chi connectivity index (χ0) is 15.6. The van der Waals surface area contributed by atoms with E-state index in [0.29, 0.717) is 10.2 Å². The van der Waals surface area contributed by atoms with Crippen LogP contribution in [0.25, 0.3) is 0 Å². The molecule has 0 saturated carbocycles. The van der Waals surface area contributed by atoms with E-state index in [1.165, 1.54) is 18.2 Å². The van der Waals surface area contributed by atoms with Gasteiger partial charge in [-0.3, -0.25) is 14.9 Å². The van der Waals surface area contributed by atoms with Crippen molar-refractivity contribution in [2.45, 2.75) is 6.92 Å². The number of amides is 1. The number of aromatic nitrogens is 1. The molecule has 2 rings (SSSR count). The highest BCUT2D eigenvalue weighted by atomic mass is 79.9.